The van der Waals surface area contributed by atoms with Crippen LogP contribution >= 0.6 is 10.6 Å². The van der Waals surface area contributed by atoms with E-state index in [1.54, 1.807) is 18.2 Å². The highest BCUT2D eigenvalue weighted by Crippen LogP contribution is 2.65. The highest BCUT2D eigenvalue weighted by molar-refractivity contribution is 8.32. The van der Waals surface area contributed by atoms with E-state index >= 15 is 0 Å². The van der Waals surface area contributed by atoms with Gasteiger partial charge in [-0.2, -0.15) is 0 Å². The third kappa shape index (κ3) is 3.80. The number of benzene rings is 3. The Bertz CT molecular complexity index is 1220. The average Bonchev–Trinajstić information content (AvgIpc) is 3.35. The van der Waals surface area contributed by atoms with Gasteiger partial charge in [0.05, 0.1) is 15.8 Å². The van der Waals surface area contributed by atoms with Crippen molar-refractivity contribution in [3.63, 3.8) is 0 Å². The molecule has 3 aromatic rings. The molecule has 2 aliphatic rings. The van der Waals surface area contributed by atoms with Crippen LogP contribution in [0.4, 0.5) is 10.5 Å². The summed E-state index contributed by atoms with van der Waals surface area (Å²) in [6.07, 6.45) is 1.81. The van der Waals surface area contributed by atoms with E-state index in [0.717, 1.165) is 24.2 Å². The van der Waals surface area contributed by atoms with Crippen molar-refractivity contribution in [3.05, 3.63) is 94.5 Å². The van der Waals surface area contributed by atoms with Gasteiger partial charge in [-0.1, -0.05) is 42.5 Å². The lowest BCUT2D eigenvalue weighted by atomic mass is 10.1. The second-order valence-electron chi connectivity index (χ2n) is 8.13. The summed E-state index contributed by atoms with van der Waals surface area (Å²) in [6, 6.07) is 20.4. The maximum absolute atomic E-state index is 12.5. The first-order valence-corrected chi connectivity index (χ1v) is 12.1. The number of anilines is 1. The molecule has 1 atom stereocenters. The van der Waals surface area contributed by atoms with Crippen LogP contribution in [0.1, 0.15) is 40.8 Å². The number of hydrogen-bond acceptors (Lipinski definition) is 4. The fraction of sp³-hybridized carbons (Fsp3) is 0.160. The van der Waals surface area contributed by atoms with E-state index in [2.05, 4.69) is 16.0 Å². The molecule has 0 saturated heterocycles. The minimum Gasteiger partial charge on any atom is -0.331 e. The van der Waals surface area contributed by atoms with Crippen LogP contribution in [0.15, 0.2) is 71.6 Å². The van der Waals surface area contributed by atoms with Gasteiger partial charge in [-0.25, -0.2) is 4.79 Å². The maximum Gasteiger partial charge on any atom is 0.319 e. The molecule has 0 bridgehead atoms. The molecule has 5 N–H and O–H groups in total. The van der Waals surface area contributed by atoms with Crippen LogP contribution in [0, 0.1) is 0 Å². The fourth-order valence-corrected chi connectivity index (χ4v) is 5.91. The molecular weight excluding hydrogens is 422 g/mol. The third-order valence-electron chi connectivity index (χ3n) is 5.94. The van der Waals surface area contributed by atoms with Crippen molar-refractivity contribution in [3.8, 4) is 0 Å². The zero-order valence-electron chi connectivity index (χ0n) is 17.6. The zero-order valence-corrected chi connectivity index (χ0v) is 18.4. The van der Waals surface area contributed by atoms with Crippen molar-refractivity contribution >= 4 is 33.3 Å². The van der Waals surface area contributed by atoms with Gasteiger partial charge in [0.25, 0.3) is 0 Å². The molecule has 0 radical (unpaired) electrons. The first-order chi connectivity index (χ1) is 15.4. The van der Waals surface area contributed by atoms with Gasteiger partial charge >= 0.3 is 6.03 Å². The number of carbonyl (C=O) groups excluding carboxylic acids is 1. The topological polar surface area (TPSA) is 93.6 Å². The molecule has 0 spiro atoms. The lowest BCUT2D eigenvalue weighted by molar-refractivity contribution is 0.249. The Morgan fingerprint density at radius 3 is 2.59 bits per heavy atom. The zero-order chi connectivity index (χ0) is 22.3. The first kappa shape index (κ1) is 20.8. The Labute approximate surface area is 188 Å². The number of urea groups is 1. The van der Waals surface area contributed by atoms with E-state index < -0.39 is 10.6 Å². The molecule has 6 nitrogen and oxygen atoms in total. The minimum atomic E-state index is -3.10. The summed E-state index contributed by atoms with van der Waals surface area (Å²) in [6.45, 7) is 3.55. The SMILES string of the molecule is CC(NC(=O)Nc1ccc2c(c1)C=C(c1ccc3c(c1)CNC3)S2(O)O)c1ccccc1. The van der Waals surface area contributed by atoms with Crippen molar-refractivity contribution in [1.82, 2.24) is 10.6 Å². The summed E-state index contributed by atoms with van der Waals surface area (Å²) in [5.41, 5.74) is 5.54. The summed E-state index contributed by atoms with van der Waals surface area (Å²) < 4.78 is 22.0. The van der Waals surface area contributed by atoms with Crippen molar-refractivity contribution < 1.29 is 13.9 Å². The van der Waals surface area contributed by atoms with Crippen LogP contribution in [0.25, 0.3) is 11.0 Å². The summed E-state index contributed by atoms with van der Waals surface area (Å²) in [5.74, 6) is 0. The van der Waals surface area contributed by atoms with Crippen LogP contribution in [0.5, 0.6) is 0 Å². The van der Waals surface area contributed by atoms with Gasteiger partial charge in [-0.15, -0.1) is 10.6 Å². The summed E-state index contributed by atoms with van der Waals surface area (Å²) in [4.78, 5) is 13.5. The molecule has 2 heterocycles. The molecule has 164 valence electrons. The third-order valence-corrected chi connectivity index (χ3v) is 7.89. The van der Waals surface area contributed by atoms with Crippen LogP contribution in [-0.2, 0) is 13.1 Å². The van der Waals surface area contributed by atoms with Crippen molar-refractivity contribution in [2.75, 3.05) is 5.32 Å². The number of nitrogens with one attached hydrogen (secondary N) is 3. The lowest BCUT2D eigenvalue weighted by Crippen LogP contribution is -2.31. The molecule has 3 aromatic carbocycles. The van der Waals surface area contributed by atoms with Gasteiger partial charge in [0.2, 0.25) is 0 Å². The summed E-state index contributed by atoms with van der Waals surface area (Å²) in [5, 5.41) is 9.08. The van der Waals surface area contributed by atoms with Gasteiger partial charge in [-0.05, 0) is 59.5 Å². The highest BCUT2D eigenvalue weighted by atomic mass is 32.3. The highest BCUT2D eigenvalue weighted by Gasteiger charge is 2.32. The van der Waals surface area contributed by atoms with Crippen molar-refractivity contribution in [2.45, 2.75) is 31.0 Å². The second kappa shape index (κ2) is 8.11. The smallest absolute Gasteiger partial charge is 0.319 e. The predicted octanol–water partition coefficient (Wildman–Crippen LogP) is 5.79. The first-order valence-electron chi connectivity index (χ1n) is 10.5. The average molecular weight is 448 g/mol. The Balaban J connectivity index is 1.36. The van der Waals surface area contributed by atoms with E-state index in [9.17, 15) is 13.9 Å². The monoisotopic (exact) mass is 447 g/mol. The molecule has 0 saturated carbocycles. The quantitative estimate of drug-likeness (QED) is 0.350. The number of rotatable bonds is 4. The normalized spacial score (nSPS) is 17.7. The lowest BCUT2D eigenvalue weighted by Gasteiger charge is -2.31. The molecule has 0 aromatic heterocycles. The molecule has 5 rings (SSSR count). The Kier molecular flexibility index (Phi) is 5.27. The van der Waals surface area contributed by atoms with Gasteiger partial charge in [0, 0.05) is 24.3 Å². The molecule has 32 heavy (non-hydrogen) atoms. The molecule has 0 fully saturated rings. The molecule has 1 unspecified atom stereocenters. The van der Waals surface area contributed by atoms with Crippen molar-refractivity contribution in [2.24, 2.45) is 0 Å². The van der Waals surface area contributed by atoms with Crippen LogP contribution in [0.3, 0.4) is 0 Å². The van der Waals surface area contributed by atoms with E-state index in [1.807, 2.05) is 61.5 Å². The van der Waals surface area contributed by atoms with Crippen molar-refractivity contribution in [1.29, 1.82) is 0 Å². The molecular formula is C25H25N3O3S. The fourth-order valence-electron chi connectivity index (χ4n) is 4.22. The van der Waals surface area contributed by atoms with Crippen LogP contribution in [-0.4, -0.2) is 15.1 Å². The summed E-state index contributed by atoms with van der Waals surface area (Å²) >= 11 is 0. The molecule has 2 amide bonds. The molecule has 7 heteroatoms. The standard InChI is InChI=1S/C25H25N3O3S/c1-16(17-5-3-2-4-6-17)27-25(29)28-22-9-10-23-20(12-22)13-24(32(23,30)31)18-7-8-19-14-26-15-21(19)11-18/h2-13,16,26,30-31H,14-15H2,1H3,(H2,27,28,29). The van der Waals surface area contributed by atoms with Crippen LogP contribution < -0.4 is 16.0 Å². The van der Waals surface area contributed by atoms with E-state index in [0.29, 0.717) is 21.1 Å². The summed E-state index contributed by atoms with van der Waals surface area (Å²) in [7, 11) is -3.10. The maximum atomic E-state index is 12.5. The van der Waals surface area contributed by atoms with Gasteiger partial charge in [0.15, 0.2) is 0 Å². The Hall–Kier alpha value is -3.10. The van der Waals surface area contributed by atoms with Crippen LogP contribution in [0.2, 0.25) is 0 Å². The molecule has 0 aliphatic carbocycles. The van der Waals surface area contributed by atoms with E-state index in [1.165, 1.54) is 11.1 Å². The number of fused-ring (bicyclic) bond motifs is 2. The minimum absolute atomic E-state index is 0.140. The number of carbonyl (C=O) groups is 1. The van der Waals surface area contributed by atoms with Gasteiger partial charge in [0.1, 0.15) is 0 Å². The largest absolute Gasteiger partial charge is 0.331 e. The Morgan fingerprint density at radius 1 is 1.00 bits per heavy atom. The Morgan fingerprint density at radius 2 is 1.78 bits per heavy atom. The van der Waals surface area contributed by atoms with E-state index in [-0.39, 0.29) is 12.1 Å². The predicted molar refractivity (Wildman–Crippen MR) is 129 cm³/mol. The van der Waals surface area contributed by atoms with Gasteiger partial charge < -0.3 is 16.0 Å². The number of amides is 2. The molecule has 2 aliphatic heterocycles. The van der Waals surface area contributed by atoms with E-state index in [4.69, 9.17) is 0 Å². The number of hydrogen-bond donors (Lipinski definition) is 5. The second-order valence-corrected chi connectivity index (χ2v) is 10.1. The van der Waals surface area contributed by atoms with Gasteiger partial charge in [-0.3, -0.25) is 9.11 Å².